The van der Waals surface area contributed by atoms with E-state index >= 15 is 0 Å². The predicted molar refractivity (Wildman–Crippen MR) is 99.7 cm³/mol. The fraction of sp³-hybridized carbons (Fsp3) is 0.235. The van der Waals surface area contributed by atoms with Crippen LogP contribution in [-0.2, 0) is 11.3 Å². The van der Waals surface area contributed by atoms with Gasteiger partial charge in [0.15, 0.2) is 0 Å². The molecule has 27 heavy (non-hydrogen) atoms. The summed E-state index contributed by atoms with van der Waals surface area (Å²) in [7, 11) is 0. The maximum Gasteiger partial charge on any atom is 0.309 e. The number of carbonyl (C=O) groups is 1. The van der Waals surface area contributed by atoms with E-state index in [2.05, 4.69) is 15.5 Å². The van der Waals surface area contributed by atoms with Crippen LogP contribution in [0.2, 0.25) is 5.02 Å². The highest BCUT2D eigenvalue weighted by Crippen LogP contribution is 2.21. The Hall–Kier alpha value is -3.20. The lowest BCUT2D eigenvalue weighted by Crippen LogP contribution is -2.25. The number of nitrogens with zero attached hydrogens (tertiary/aromatic N) is 5. The third-order valence-corrected chi connectivity index (χ3v) is 4.52. The molecule has 2 heterocycles. The van der Waals surface area contributed by atoms with Crippen molar-refractivity contribution in [2.45, 2.75) is 26.4 Å². The Kier molecular flexibility index (Phi) is 5.22. The summed E-state index contributed by atoms with van der Waals surface area (Å²) in [5, 5.41) is 22.5. The van der Waals surface area contributed by atoms with Gasteiger partial charge in [-0.3, -0.25) is 24.3 Å². The summed E-state index contributed by atoms with van der Waals surface area (Å²) in [6, 6.07) is 6.73. The monoisotopic (exact) mass is 388 g/mol. The highest BCUT2D eigenvalue weighted by atomic mass is 35.5. The molecule has 0 radical (unpaired) electrons. The van der Waals surface area contributed by atoms with Gasteiger partial charge in [-0.05, 0) is 25.5 Å². The van der Waals surface area contributed by atoms with Gasteiger partial charge in [-0.2, -0.15) is 10.2 Å². The first-order valence-corrected chi connectivity index (χ1v) is 8.50. The molecular formula is C17H17ClN6O3. The average molecular weight is 389 g/mol. The first kappa shape index (κ1) is 18.6. The zero-order valence-corrected chi connectivity index (χ0v) is 15.4. The number of hydrogen-bond donors (Lipinski definition) is 1. The van der Waals surface area contributed by atoms with E-state index in [1.54, 1.807) is 30.8 Å². The number of hydrogen-bond acceptors (Lipinski definition) is 5. The van der Waals surface area contributed by atoms with E-state index in [-0.39, 0.29) is 11.6 Å². The highest BCUT2D eigenvalue weighted by molar-refractivity contribution is 6.31. The zero-order chi connectivity index (χ0) is 19.6. The summed E-state index contributed by atoms with van der Waals surface area (Å²) in [5.74, 6) is -0.353. The van der Waals surface area contributed by atoms with Gasteiger partial charge in [0.25, 0.3) is 0 Å². The molecule has 9 nitrogen and oxygen atoms in total. The lowest BCUT2D eigenvalue weighted by atomic mass is 10.2. The number of aromatic nitrogens is 4. The van der Waals surface area contributed by atoms with Crippen LogP contribution < -0.4 is 5.32 Å². The smallest absolute Gasteiger partial charge is 0.309 e. The van der Waals surface area contributed by atoms with Crippen molar-refractivity contribution < 1.29 is 9.72 Å². The maximum absolute atomic E-state index is 12.5. The van der Waals surface area contributed by atoms with Crippen LogP contribution in [0.1, 0.15) is 24.2 Å². The quantitative estimate of drug-likeness (QED) is 0.515. The molecule has 1 amide bonds. The molecule has 10 heteroatoms. The van der Waals surface area contributed by atoms with Crippen molar-refractivity contribution in [2.75, 3.05) is 5.32 Å². The molecule has 0 fully saturated rings. The Balaban J connectivity index is 1.69. The lowest BCUT2D eigenvalue weighted by molar-refractivity contribution is -0.385. The molecule has 1 atom stereocenters. The number of rotatable bonds is 6. The van der Waals surface area contributed by atoms with Crippen LogP contribution in [0.15, 0.2) is 42.9 Å². The molecule has 1 unspecified atom stereocenters. The van der Waals surface area contributed by atoms with E-state index in [0.717, 1.165) is 11.8 Å². The van der Waals surface area contributed by atoms with Crippen LogP contribution in [0, 0.1) is 17.0 Å². The van der Waals surface area contributed by atoms with Crippen LogP contribution in [-0.4, -0.2) is 30.4 Å². The fourth-order valence-corrected chi connectivity index (χ4v) is 2.85. The van der Waals surface area contributed by atoms with Gasteiger partial charge in [0, 0.05) is 11.2 Å². The third-order valence-electron chi connectivity index (χ3n) is 4.15. The van der Waals surface area contributed by atoms with Crippen molar-refractivity contribution in [3.8, 4) is 0 Å². The van der Waals surface area contributed by atoms with Gasteiger partial charge in [-0.1, -0.05) is 29.8 Å². The molecule has 3 aromatic rings. The largest absolute Gasteiger partial charge is 0.322 e. The standard InChI is InChI=1S/C17H17ClN6O3/c1-11-16(24(26)27)8-20-23(11)12(2)17(25)21-14-7-19-22(10-14)9-13-5-3-4-6-15(13)18/h3-8,10,12H,9H2,1-2H3,(H,21,25). The second-order valence-electron chi connectivity index (χ2n) is 6.00. The first-order valence-electron chi connectivity index (χ1n) is 8.12. The molecule has 140 valence electrons. The summed E-state index contributed by atoms with van der Waals surface area (Å²) in [6.45, 7) is 3.64. The Morgan fingerprint density at radius 1 is 1.33 bits per heavy atom. The normalized spacial score (nSPS) is 12.0. The summed E-state index contributed by atoms with van der Waals surface area (Å²) in [5.41, 5.74) is 1.62. The van der Waals surface area contributed by atoms with Crippen LogP contribution in [0.4, 0.5) is 11.4 Å². The van der Waals surface area contributed by atoms with Gasteiger partial charge in [-0.25, -0.2) is 0 Å². The number of nitrogens with one attached hydrogen (secondary N) is 1. The number of amides is 1. The van der Waals surface area contributed by atoms with Gasteiger partial charge < -0.3 is 5.32 Å². The van der Waals surface area contributed by atoms with Crippen molar-refractivity contribution >= 4 is 28.9 Å². The number of halogens is 1. The van der Waals surface area contributed by atoms with Crippen LogP contribution >= 0.6 is 11.6 Å². The Morgan fingerprint density at radius 3 is 2.74 bits per heavy atom. The van der Waals surface area contributed by atoms with Crippen molar-refractivity contribution in [3.05, 3.63) is 69.3 Å². The number of nitro groups is 1. The SMILES string of the molecule is Cc1c([N+](=O)[O-])cnn1C(C)C(=O)Nc1cnn(Cc2ccccc2Cl)c1. The molecule has 0 aliphatic carbocycles. The summed E-state index contributed by atoms with van der Waals surface area (Å²) < 4.78 is 2.98. The van der Waals surface area contributed by atoms with E-state index in [4.69, 9.17) is 11.6 Å². The minimum Gasteiger partial charge on any atom is -0.322 e. The van der Waals surface area contributed by atoms with Gasteiger partial charge in [-0.15, -0.1) is 0 Å². The van der Waals surface area contributed by atoms with Gasteiger partial charge in [0.1, 0.15) is 17.9 Å². The number of anilines is 1. The summed E-state index contributed by atoms with van der Waals surface area (Å²) in [4.78, 5) is 22.9. The molecule has 0 aliphatic rings. The average Bonchev–Trinajstić information content (AvgIpc) is 3.22. The van der Waals surface area contributed by atoms with Gasteiger partial charge >= 0.3 is 5.69 Å². The molecule has 1 N–H and O–H groups in total. The molecular weight excluding hydrogens is 372 g/mol. The molecule has 0 aliphatic heterocycles. The number of benzene rings is 1. The second-order valence-corrected chi connectivity index (χ2v) is 6.41. The topological polar surface area (TPSA) is 108 Å². The molecule has 3 rings (SSSR count). The first-order chi connectivity index (χ1) is 12.9. The van der Waals surface area contributed by atoms with Gasteiger partial charge in [0.05, 0.1) is 23.4 Å². The van der Waals surface area contributed by atoms with E-state index in [0.29, 0.717) is 22.9 Å². The van der Waals surface area contributed by atoms with Crippen molar-refractivity contribution in [1.82, 2.24) is 19.6 Å². The fourth-order valence-electron chi connectivity index (χ4n) is 2.66. The summed E-state index contributed by atoms with van der Waals surface area (Å²) >= 11 is 6.15. The van der Waals surface area contributed by atoms with Crippen LogP contribution in [0.5, 0.6) is 0 Å². The van der Waals surface area contributed by atoms with Crippen molar-refractivity contribution in [1.29, 1.82) is 0 Å². The Morgan fingerprint density at radius 2 is 2.07 bits per heavy atom. The minimum atomic E-state index is -0.717. The zero-order valence-electron chi connectivity index (χ0n) is 14.7. The molecule has 1 aromatic carbocycles. The van der Waals surface area contributed by atoms with E-state index in [1.165, 1.54) is 10.9 Å². The highest BCUT2D eigenvalue weighted by Gasteiger charge is 2.24. The second kappa shape index (κ2) is 7.58. The lowest BCUT2D eigenvalue weighted by Gasteiger charge is -2.13. The van der Waals surface area contributed by atoms with Crippen LogP contribution in [0.25, 0.3) is 0 Å². The molecule has 0 saturated heterocycles. The predicted octanol–water partition coefficient (Wildman–Crippen LogP) is 3.20. The van der Waals surface area contributed by atoms with E-state index < -0.39 is 11.0 Å². The Labute approximate surface area is 159 Å². The number of carbonyl (C=O) groups excluding carboxylic acids is 1. The van der Waals surface area contributed by atoms with Crippen molar-refractivity contribution in [2.24, 2.45) is 0 Å². The maximum atomic E-state index is 12.5. The molecule has 0 spiro atoms. The third kappa shape index (κ3) is 3.98. The van der Waals surface area contributed by atoms with Gasteiger partial charge in [0.2, 0.25) is 5.91 Å². The molecule has 2 aromatic heterocycles. The molecule has 0 saturated carbocycles. The Bertz CT molecular complexity index is 996. The molecule has 0 bridgehead atoms. The minimum absolute atomic E-state index is 0.123. The van der Waals surface area contributed by atoms with Crippen LogP contribution in [0.3, 0.4) is 0 Å². The van der Waals surface area contributed by atoms with Crippen molar-refractivity contribution in [3.63, 3.8) is 0 Å². The van der Waals surface area contributed by atoms with E-state index in [9.17, 15) is 14.9 Å². The summed E-state index contributed by atoms with van der Waals surface area (Å²) in [6.07, 6.45) is 4.35. The van der Waals surface area contributed by atoms with E-state index in [1.807, 2.05) is 18.2 Å².